The van der Waals surface area contributed by atoms with Gasteiger partial charge < -0.3 is 15.6 Å². The van der Waals surface area contributed by atoms with Gasteiger partial charge in [-0.1, -0.05) is 36.4 Å². The van der Waals surface area contributed by atoms with E-state index in [1.807, 2.05) is 36.4 Å². The van der Waals surface area contributed by atoms with Crippen LogP contribution >= 0.6 is 0 Å². The van der Waals surface area contributed by atoms with Crippen molar-refractivity contribution in [3.63, 3.8) is 0 Å². The van der Waals surface area contributed by atoms with E-state index in [-0.39, 0.29) is 0 Å². The number of rotatable bonds is 3. The number of aromatic nitrogens is 1. The Morgan fingerprint density at radius 2 is 1.90 bits per heavy atom. The van der Waals surface area contributed by atoms with Gasteiger partial charge in [-0.3, -0.25) is 0 Å². The van der Waals surface area contributed by atoms with Crippen LogP contribution in [-0.2, 0) is 0 Å². The van der Waals surface area contributed by atoms with Crippen molar-refractivity contribution in [2.75, 3.05) is 12.8 Å². The number of hydrogen-bond donors (Lipinski definition) is 2. The number of hydrogen-bond acceptors (Lipinski definition) is 4. The third-order valence-corrected chi connectivity index (χ3v) is 3.59. The number of aliphatic hydroxyl groups is 1. The number of nitrogens with zero attached hydrogens (tertiary/aromatic N) is 1. The number of ether oxygens (including phenoxy) is 1. The summed E-state index contributed by atoms with van der Waals surface area (Å²) in [4.78, 5) is 4.04. The number of methoxy groups -OCH3 is 1. The molecular formula is C17H16N2O2. The van der Waals surface area contributed by atoms with Crippen LogP contribution in [0.2, 0.25) is 0 Å². The van der Waals surface area contributed by atoms with Crippen molar-refractivity contribution in [2.45, 2.75) is 6.10 Å². The summed E-state index contributed by atoms with van der Waals surface area (Å²) in [5.41, 5.74) is 7.16. The largest absolute Gasteiger partial charge is 0.496 e. The van der Waals surface area contributed by atoms with E-state index in [9.17, 15) is 5.11 Å². The molecule has 0 fully saturated rings. The highest BCUT2D eigenvalue weighted by atomic mass is 16.5. The van der Waals surface area contributed by atoms with Gasteiger partial charge in [-0.2, -0.15) is 0 Å². The topological polar surface area (TPSA) is 68.4 Å². The lowest BCUT2D eigenvalue weighted by Gasteiger charge is -2.18. The van der Waals surface area contributed by atoms with E-state index >= 15 is 0 Å². The third kappa shape index (κ3) is 2.30. The molecule has 21 heavy (non-hydrogen) atoms. The van der Waals surface area contributed by atoms with Crippen LogP contribution in [0.4, 0.5) is 5.82 Å². The van der Waals surface area contributed by atoms with Gasteiger partial charge in [0.05, 0.1) is 7.11 Å². The van der Waals surface area contributed by atoms with Crippen molar-refractivity contribution >= 4 is 16.6 Å². The monoisotopic (exact) mass is 280 g/mol. The van der Waals surface area contributed by atoms with Crippen molar-refractivity contribution in [1.29, 1.82) is 0 Å². The fourth-order valence-corrected chi connectivity index (χ4v) is 2.55. The summed E-state index contributed by atoms with van der Waals surface area (Å²) in [6.45, 7) is 0. The number of benzene rings is 2. The molecule has 106 valence electrons. The van der Waals surface area contributed by atoms with Crippen molar-refractivity contribution in [3.05, 3.63) is 65.9 Å². The maximum absolute atomic E-state index is 10.8. The number of aliphatic hydroxyl groups excluding tert-OH is 1. The summed E-state index contributed by atoms with van der Waals surface area (Å²) in [6.07, 6.45) is 0.714. The zero-order valence-corrected chi connectivity index (χ0v) is 11.7. The highest BCUT2D eigenvalue weighted by molar-refractivity contribution is 5.88. The van der Waals surface area contributed by atoms with Crippen LogP contribution in [-0.4, -0.2) is 17.2 Å². The Kier molecular flexibility index (Phi) is 3.46. The van der Waals surface area contributed by atoms with E-state index in [2.05, 4.69) is 4.98 Å². The molecule has 0 saturated carbocycles. The van der Waals surface area contributed by atoms with E-state index in [1.165, 1.54) is 0 Å². The van der Waals surface area contributed by atoms with Crippen LogP contribution in [0.15, 0.2) is 54.7 Å². The second-order valence-corrected chi connectivity index (χ2v) is 4.78. The zero-order valence-electron chi connectivity index (χ0n) is 11.7. The molecule has 3 aromatic rings. The summed E-state index contributed by atoms with van der Waals surface area (Å²) in [5, 5.41) is 12.8. The Morgan fingerprint density at radius 3 is 2.67 bits per heavy atom. The third-order valence-electron chi connectivity index (χ3n) is 3.59. The summed E-state index contributed by atoms with van der Waals surface area (Å²) in [6, 6.07) is 15.2. The molecule has 4 nitrogen and oxygen atoms in total. The molecule has 0 bridgehead atoms. The molecule has 3 rings (SSSR count). The summed E-state index contributed by atoms with van der Waals surface area (Å²) < 4.78 is 5.41. The minimum absolute atomic E-state index is 0.319. The van der Waals surface area contributed by atoms with Crippen molar-refractivity contribution in [2.24, 2.45) is 0 Å². The highest BCUT2D eigenvalue weighted by Gasteiger charge is 2.20. The first-order chi connectivity index (χ1) is 10.2. The number of nitrogens with two attached hydrogens (primary N) is 1. The molecule has 3 N–H and O–H groups in total. The van der Waals surface area contributed by atoms with Gasteiger partial charge in [0, 0.05) is 17.3 Å². The van der Waals surface area contributed by atoms with Gasteiger partial charge in [-0.05, 0) is 22.9 Å². The lowest BCUT2D eigenvalue weighted by atomic mass is 9.95. The Labute approximate surface area is 122 Å². The van der Waals surface area contributed by atoms with Gasteiger partial charge in [0.25, 0.3) is 0 Å². The number of anilines is 1. The Balaban J connectivity index is 2.25. The summed E-state index contributed by atoms with van der Waals surface area (Å²) >= 11 is 0. The van der Waals surface area contributed by atoms with Crippen LogP contribution < -0.4 is 10.5 Å². The normalized spacial score (nSPS) is 12.3. The van der Waals surface area contributed by atoms with Crippen molar-refractivity contribution in [3.8, 4) is 5.75 Å². The average Bonchev–Trinajstić information content (AvgIpc) is 2.53. The van der Waals surface area contributed by atoms with E-state index in [1.54, 1.807) is 25.4 Å². The number of pyridine rings is 1. The fraction of sp³-hybridized carbons (Fsp3) is 0.118. The van der Waals surface area contributed by atoms with Crippen molar-refractivity contribution in [1.82, 2.24) is 4.98 Å². The molecule has 2 aromatic carbocycles. The minimum Gasteiger partial charge on any atom is -0.496 e. The molecule has 1 atom stereocenters. The van der Waals surface area contributed by atoms with Gasteiger partial charge >= 0.3 is 0 Å². The molecular weight excluding hydrogens is 264 g/mol. The maximum Gasteiger partial charge on any atom is 0.129 e. The lowest BCUT2D eigenvalue weighted by molar-refractivity contribution is 0.217. The molecule has 0 aliphatic rings. The molecule has 0 aliphatic carbocycles. The predicted octanol–water partition coefficient (Wildman–Crippen LogP) is 2.91. The molecule has 0 spiro atoms. The Morgan fingerprint density at radius 1 is 1.10 bits per heavy atom. The van der Waals surface area contributed by atoms with Gasteiger partial charge in [-0.25, -0.2) is 4.98 Å². The van der Waals surface area contributed by atoms with Gasteiger partial charge in [0.1, 0.15) is 17.7 Å². The second kappa shape index (κ2) is 5.42. The van der Waals surface area contributed by atoms with Crippen LogP contribution in [0.5, 0.6) is 5.75 Å². The average molecular weight is 280 g/mol. The highest BCUT2D eigenvalue weighted by Crippen LogP contribution is 2.37. The quantitative estimate of drug-likeness (QED) is 0.774. The van der Waals surface area contributed by atoms with E-state index in [0.29, 0.717) is 22.7 Å². The molecule has 0 saturated heterocycles. The molecule has 0 aliphatic heterocycles. The van der Waals surface area contributed by atoms with Gasteiger partial charge in [0.2, 0.25) is 0 Å². The van der Waals surface area contributed by atoms with Crippen LogP contribution in [0, 0.1) is 0 Å². The van der Waals surface area contributed by atoms with E-state index < -0.39 is 6.10 Å². The zero-order chi connectivity index (χ0) is 14.8. The number of nitrogen functional groups attached to an aromatic ring is 1. The Bertz CT molecular complexity index is 787. The van der Waals surface area contributed by atoms with Crippen LogP contribution in [0.3, 0.4) is 0 Å². The summed E-state index contributed by atoms with van der Waals surface area (Å²) in [5.74, 6) is 0.949. The van der Waals surface area contributed by atoms with Crippen LogP contribution in [0.1, 0.15) is 17.2 Å². The van der Waals surface area contributed by atoms with Gasteiger partial charge in [0.15, 0.2) is 0 Å². The first-order valence-electron chi connectivity index (χ1n) is 6.66. The molecule has 0 amide bonds. The van der Waals surface area contributed by atoms with E-state index in [0.717, 1.165) is 10.8 Å². The molecule has 1 aromatic heterocycles. The molecule has 4 heteroatoms. The molecule has 0 radical (unpaired) electrons. The Hall–Kier alpha value is -2.59. The fourth-order valence-electron chi connectivity index (χ4n) is 2.55. The lowest BCUT2D eigenvalue weighted by Crippen LogP contribution is -2.07. The van der Waals surface area contributed by atoms with Crippen LogP contribution in [0.25, 0.3) is 10.8 Å². The predicted molar refractivity (Wildman–Crippen MR) is 83.2 cm³/mol. The maximum atomic E-state index is 10.8. The van der Waals surface area contributed by atoms with Crippen molar-refractivity contribution < 1.29 is 9.84 Å². The minimum atomic E-state index is -0.889. The first kappa shape index (κ1) is 13.4. The van der Waals surface area contributed by atoms with Gasteiger partial charge in [-0.15, -0.1) is 0 Å². The standard InChI is InChI=1S/C17H16N2O2/c1-21-14-9-8-11-5-2-3-6-12(11)15(14)16(20)13-7-4-10-19-17(13)18/h2-10,16,20H,1H3,(H2,18,19). The second-order valence-electron chi connectivity index (χ2n) is 4.78. The number of fused-ring (bicyclic) bond motifs is 1. The summed E-state index contributed by atoms with van der Waals surface area (Å²) in [7, 11) is 1.59. The SMILES string of the molecule is COc1ccc2ccccc2c1C(O)c1cccnc1N. The molecule has 1 unspecified atom stereocenters. The smallest absolute Gasteiger partial charge is 0.129 e. The molecule has 1 heterocycles. The first-order valence-corrected chi connectivity index (χ1v) is 6.66. The van der Waals surface area contributed by atoms with E-state index in [4.69, 9.17) is 10.5 Å².